The largest absolute Gasteiger partial charge is 0.376 e. The summed E-state index contributed by atoms with van der Waals surface area (Å²) in [7, 11) is 0. The van der Waals surface area contributed by atoms with Crippen molar-refractivity contribution < 1.29 is 9.13 Å². The van der Waals surface area contributed by atoms with Crippen LogP contribution in [-0.2, 0) is 4.74 Å². The van der Waals surface area contributed by atoms with Crippen LogP contribution in [0.15, 0.2) is 0 Å². The van der Waals surface area contributed by atoms with Crippen molar-refractivity contribution in [1.82, 2.24) is 0 Å². The van der Waals surface area contributed by atoms with Gasteiger partial charge in [-0.1, -0.05) is 0 Å². The zero-order chi connectivity index (χ0) is 9.07. The van der Waals surface area contributed by atoms with Gasteiger partial charge in [-0.05, 0) is 27.7 Å². The summed E-state index contributed by atoms with van der Waals surface area (Å²) in [6.07, 6.45) is -1.03. The van der Waals surface area contributed by atoms with Gasteiger partial charge in [-0.2, -0.15) is 0 Å². The number of hydrogen-bond donors (Lipinski definition) is 1. The van der Waals surface area contributed by atoms with Gasteiger partial charge in [0.2, 0.25) is 0 Å². The molecule has 0 heterocycles. The lowest BCUT2D eigenvalue weighted by molar-refractivity contribution is 0.0181. The molecule has 0 rings (SSSR count). The summed E-state index contributed by atoms with van der Waals surface area (Å²) in [6, 6.07) is 0. The number of rotatable bonds is 4. The monoisotopic (exact) mass is 163 g/mol. The molecule has 68 valence electrons. The van der Waals surface area contributed by atoms with Crippen molar-refractivity contribution in [3.8, 4) is 0 Å². The van der Waals surface area contributed by atoms with Gasteiger partial charge in [-0.3, -0.25) is 0 Å². The number of hydrogen-bond acceptors (Lipinski definition) is 2. The zero-order valence-corrected chi connectivity index (χ0v) is 7.73. The molecule has 0 aromatic rings. The summed E-state index contributed by atoms with van der Waals surface area (Å²) < 4.78 is 18.1. The van der Waals surface area contributed by atoms with Crippen molar-refractivity contribution in [3.63, 3.8) is 0 Å². The fourth-order valence-electron chi connectivity index (χ4n) is 0.492. The van der Waals surface area contributed by atoms with Crippen LogP contribution in [0.2, 0.25) is 0 Å². The molecule has 0 radical (unpaired) electrons. The molecule has 0 saturated carbocycles. The van der Waals surface area contributed by atoms with E-state index < -0.39 is 11.7 Å². The first-order valence-electron chi connectivity index (χ1n) is 3.88. The number of halogens is 1. The summed E-state index contributed by atoms with van der Waals surface area (Å²) >= 11 is 0. The molecule has 0 aliphatic rings. The highest BCUT2D eigenvalue weighted by molar-refractivity contribution is 4.81. The molecule has 0 spiro atoms. The van der Waals surface area contributed by atoms with E-state index in [-0.39, 0.29) is 12.7 Å². The highest BCUT2D eigenvalue weighted by Gasteiger charge is 2.24. The van der Waals surface area contributed by atoms with E-state index in [1.807, 2.05) is 13.8 Å². The lowest BCUT2D eigenvalue weighted by atomic mass is 10.0. The maximum absolute atomic E-state index is 13.0. The van der Waals surface area contributed by atoms with Crippen molar-refractivity contribution >= 4 is 0 Å². The Balaban J connectivity index is 3.61. The maximum Gasteiger partial charge on any atom is 0.141 e. The molecule has 0 fully saturated rings. The Morgan fingerprint density at radius 3 is 2.18 bits per heavy atom. The molecule has 0 amide bonds. The van der Waals surface area contributed by atoms with E-state index in [0.717, 1.165) is 0 Å². The van der Waals surface area contributed by atoms with E-state index >= 15 is 0 Å². The van der Waals surface area contributed by atoms with Crippen molar-refractivity contribution in [1.29, 1.82) is 0 Å². The molecule has 0 saturated heterocycles. The zero-order valence-electron chi connectivity index (χ0n) is 7.73. The SMILES string of the molecule is CC(C)OCC(F)C(C)(C)N. The number of ether oxygens (including phenoxy) is 1. The van der Waals surface area contributed by atoms with Crippen LogP contribution in [0.5, 0.6) is 0 Å². The molecule has 3 heteroatoms. The molecule has 1 atom stereocenters. The second-order valence-corrected chi connectivity index (χ2v) is 3.67. The Bertz CT molecular complexity index is 109. The second kappa shape index (κ2) is 4.02. The van der Waals surface area contributed by atoms with Crippen molar-refractivity contribution in [3.05, 3.63) is 0 Å². The Kier molecular flexibility index (Phi) is 3.97. The highest BCUT2D eigenvalue weighted by atomic mass is 19.1. The van der Waals surface area contributed by atoms with E-state index in [1.54, 1.807) is 13.8 Å². The minimum Gasteiger partial charge on any atom is -0.376 e. The summed E-state index contributed by atoms with van der Waals surface area (Å²) in [6.45, 7) is 7.14. The molecule has 0 aliphatic carbocycles. The van der Waals surface area contributed by atoms with Gasteiger partial charge >= 0.3 is 0 Å². The van der Waals surface area contributed by atoms with E-state index in [1.165, 1.54) is 0 Å². The van der Waals surface area contributed by atoms with Gasteiger partial charge in [0.1, 0.15) is 6.17 Å². The average Bonchev–Trinajstić information content (AvgIpc) is 1.80. The fraction of sp³-hybridized carbons (Fsp3) is 1.00. The van der Waals surface area contributed by atoms with Crippen LogP contribution < -0.4 is 5.73 Å². The average molecular weight is 163 g/mol. The van der Waals surface area contributed by atoms with E-state index in [2.05, 4.69) is 0 Å². The predicted molar refractivity (Wildman–Crippen MR) is 44.3 cm³/mol. The molecule has 0 bridgehead atoms. The molecule has 1 unspecified atom stereocenters. The van der Waals surface area contributed by atoms with E-state index in [4.69, 9.17) is 10.5 Å². The summed E-state index contributed by atoms with van der Waals surface area (Å²) in [4.78, 5) is 0. The molecular weight excluding hydrogens is 145 g/mol. The molecule has 2 N–H and O–H groups in total. The Morgan fingerprint density at radius 2 is 1.91 bits per heavy atom. The quantitative estimate of drug-likeness (QED) is 0.681. The molecule has 0 aromatic carbocycles. The molecule has 0 aromatic heterocycles. The molecule has 0 aliphatic heterocycles. The van der Waals surface area contributed by atoms with Crippen LogP contribution in [0.1, 0.15) is 27.7 Å². The van der Waals surface area contributed by atoms with Crippen LogP contribution in [0, 0.1) is 0 Å². The lowest BCUT2D eigenvalue weighted by Crippen LogP contribution is -2.45. The first kappa shape index (κ1) is 10.8. The third kappa shape index (κ3) is 5.16. The first-order valence-corrected chi connectivity index (χ1v) is 3.88. The van der Waals surface area contributed by atoms with Crippen LogP contribution in [0.3, 0.4) is 0 Å². The highest BCUT2D eigenvalue weighted by Crippen LogP contribution is 2.10. The van der Waals surface area contributed by atoms with Gasteiger partial charge in [0.15, 0.2) is 0 Å². The maximum atomic E-state index is 13.0. The molecule has 11 heavy (non-hydrogen) atoms. The second-order valence-electron chi connectivity index (χ2n) is 3.67. The number of alkyl halides is 1. The van der Waals surface area contributed by atoms with Crippen molar-refractivity contribution in [2.75, 3.05) is 6.61 Å². The van der Waals surface area contributed by atoms with Crippen LogP contribution in [0.25, 0.3) is 0 Å². The minimum atomic E-state index is -1.09. The molecule has 2 nitrogen and oxygen atoms in total. The van der Waals surface area contributed by atoms with Crippen LogP contribution in [-0.4, -0.2) is 24.4 Å². The van der Waals surface area contributed by atoms with Gasteiger partial charge in [0, 0.05) is 5.54 Å². The van der Waals surface area contributed by atoms with Crippen molar-refractivity contribution in [2.24, 2.45) is 5.73 Å². The van der Waals surface area contributed by atoms with Gasteiger partial charge in [-0.15, -0.1) is 0 Å². The number of nitrogens with two attached hydrogens (primary N) is 1. The normalized spacial score (nSPS) is 15.5. The van der Waals surface area contributed by atoms with Crippen LogP contribution in [0.4, 0.5) is 4.39 Å². The summed E-state index contributed by atoms with van der Waals surface area (Å²) in [5.74, 6) is 0. The predicted octanol–water partition coefficient (Wildman–Crippen LogP) is 1.49. The third-order valence-electron chi connectivity index (χ3n) is 1.38. The Hall–Kier alpha value is -0.150. The summed E-state index contributed by atoms with van der Waals surface area (Å²) in [5.41, 5.74) is 4.71. The van der Waals surface area contributed by atoms with Crippen molar-refractivity contribution in [2.45, 2.75) is 45.5 Å². The van der Waals surface area contributed by atoms with Gasteiger partial charge < -0.3 is 10.5 Å². The van der Waals surface area contributed by atoms with Gasteiger partial charge in [-0.25, -0.2) is 4.39 Å². The van der Waals surface area contributed by atoms with E-state index in [0.29, 0.717) is 0 Å². The lowest BCUT2D eigenvalue weighted by Gasteiger charge is -2.24. The first-order chi connectivity index (χ1) is 4.84. The third-order valence-corrected chi connectivity index (χ3v) is 1.38. The fourth-order valence-corrected chi connectivity index (χ4v) is 0.492. The van der Waals surface area contributed by atoms with Gasteiger partial charge in [0.05, 0.1) is 12.7 Å². The van der Waals surface area contributed by atoms with Gasteiger partial charge in [0.25, 0.3) is 0 Å². The topological polar surface area (TPSA) is 35.2 Å². The molecular formula is C8H18FNO. The van der Waals surface area contributed by atoms with E-state index in [9.17, 15) is 4.39 Å². The summed E-state index contributed by atoms with van der Waals surface area (Å²) in [5, 5.41) is 0. The van der Waals surface area contributed by atoms with Crippen LogP contribution >= 0.6 is 0 Å². The standard InChI is InChI=1S/C8H18FNO/c1-6(2)11-5-7(9)8(3,4)10/h6-7H,5,10H2,1-4H3. The minimum absolute atomic E-state index is 0.0654. The Morgan fingerprint density at radius 1 is 1.45 bits per heavy atom. The smallest absolute Gasteiger partial charge is 0.141 e. The Labute approximate surface area is 67.9 Å².